The van der Waals surface area contributed by atoms with Crippen LogP contribution in [0.4, 0.5) is 5.69 Å². The number of hydrogen-bond acceptors (Lipinski definition) is 5. The lowest BCUT2D eigenvalue weighted by Gasteiger charge is -2.15. The van der Waals surface area contributed by atoms with E-state index in [0.717, 1.165) is 4.90 Å². The molecular formula is C23H17NO5. The van der Waals surface area contributed by atoms with Crippen LogP contribution in [0.1, 0.15) is 38.0 Å². The van der Waals surface area contributed by atoms with E-state index >= 15 is 0 Å². The SMILES string of the molecule is CCOc1ccc(OC(=O)c2cccc(N3C(=O)c4ccccc4C3=O)c2)cc1. The van der Waals surface area contributed by atoms with Gasteiger partial charge in [0, 0.05) is 0 Å². The summed E-state index contributed by atoms with van der Waals surface area (Å²) in [7, 11) is 0. The number of fused-ring (bicyclic) bond motifs is 1. The van der Waals surface area contributed by atoms with Gasteiger partial charge in [-0.3, -0.25) is 9.59 Å². The van der Waals surface area contributed by atoms with Crippen molar-refractivity contribution in [2.45, 2.75) is 6.92 Å². The van der Waals surface area contributed by atoms with Gasteiger partial charge in [-0.25, -0.2) is 9.69 Å². The van der Waals surface area contributed by atoms with E-state index in [2.05, 4.69) is 0 Å². The number of ether oxygens (including phenoxy) is 2. The van der Waals surface area contributed by atoms with Gasteiger partial charge in [-0.05, 0) is 61.5 Å². The Labute approximate surface area is 167 Å². The first kappa shape index (κ1) is 18.4. The summed E-state index contributed by atoms with van der Waals surface area (Å²) in [6.45, 7) is 2.43. The maximum absolute atomic E-state index is 12.6. The molecule has 0 unspecified atom stereocenters. The number of amides is 2. The molecule has 2 amide bonds. The second kappa shape index (κ2) is 7.59. The summed E-state index contributed by atoms with van der Waals surface area (Å²) in [5.74, 6) is -0.373. The van der Waals surface area contributed by atoms with Crippen LogP contribution in [0.3, 0.4) is 0 Å². The lowest BCUT2D eigenvalue weighted by atomic mass is 10.1. The number of nitrogens with zero attached hydrogens (tertiary/aromatic N) is 1. The van der Waals surface area contributed by atoms with Gasteiger partial charge in [0.15, 0.2) is 0 Å². The third-order valence-corrected chi connectivity index (χ3v) is 4.48. The number of hydrogen-bond donors (Lipinski definition) is 0. The Balaban J connectivity index is 1.55. The molecule has 1 aliphatic rings. The van der Waals surface area contributed by atoms with E-state index in [4.69, 9.17) is 9.47 Å². The summed E-state index contributed by atoms with van der Waals surface area (Å²) in [6.07, 6.45) is 0. The molecule has 1 heterocycles. The molecule has 144 valence electrons. The molecule has 1 aliphatic heterocycles. The maximum Gasteiger partial charge on any atom is 0.343 e. The van der Waals surface area contributed by atoms with Gasteiger partial charge in [-0.1, -0.05) is 18.2 Å². The predicted octanol–water partition coefficient (Wildman–Crippen LogP) is 4.11. The fourth-order valence-electron chi connectivity index (χ4n) is 3.13. The minimum atomic E-state index is -0.590. The molecule has 0 fully saturated rings. The van der Waals surface area contributed by atoms with Gasteiger partial charge in [-0.2, -0.15) is 0 Å². The van der Waals surface area contributed by atoms with Gasteiger partial charge < -0.3 is 9.47 Å². The Hall–Kier alpha value is -3.93. The highest BCUT2D eigenvalue weighted by Gasteiger charge is 2.36. The van der Waals surface area contributed by atoms with Gasteiger partial charge in [0.05, 0.1) is 29.0 Å². The smallest absolute Gasteiger partial charge is 0.343 e. The molecule has 6 nitrogen and oxygen atoms in total. The van der Waals surface area contributed by atoms with E-state index in [1.54, 1.807) is 66.7 Å². The highest BCUT2D eigenvalue weighted by Crippen LogP contribution is 2.29. The van der Waals surface area contributed by atoms with E-state index in [1.807, 2.05) is 6.92 Å². The summed E-state index contributed by atoms with van der Waals surface area (Å²) in [5, 5.41) is 0. The minimum Gasteiger partial charge on any atom is -0.494 e. The first-order valence-electron chi connectivity index (χ1n) is 9.11. The molecule has 0 spiro atoms. The van der Waals surface area contributed by atoms with E-state index in [9.17, 15) is 14.4 Å². The molecule has 3 aromatic rings. The van der Waals surface area contributed by atoms with Crippen LogP contribution in [-0.4, -0.2) is 24.4 Å². The van der Waals surface area contributed by atoms with Crippen molar-refractivity contribution in [2.75, 3.05) is 11.5 Å². The van der Waals surface area contributed by atoms with Crippen molar-refractivity contribution in [2.24, 2.45) is 0 Å². The molecule has 0 saturated heterocycles. The van der Waals surface area contributed by atoms with Crippen molar-refractivity contribution in [1.82, 2.24) is 0 Å². The maximum atomic E-state index is 12.6. The van der Waals surface area contributed by atoms with Crippen LogP contribution in [0.25, 0.3) is 0 Å². The number of carbonyl (C=O) groups excluding carboxylic acids is 3. The van der Waals surface area contributed by atoms with Gasteiger partial charge in [-0.15, -0.1) is 0 Å². The van der Waals surface area contributed by atoms with Crippen molar-refractivity contribution in [3.05, 3.63) is 89.5 Å². The van der Waals surface area contributed by atoms with Crippen molar-refractivity contribution in [1.29, 1.82) is 0 Å². The molecule has 0 aliphatic carbocycles. The molecule has 0 radical (unpaired) electrons. The number of carbonyl (C=O) groups is 3. The normalized spacial score (nSPS) is 12.7. The zero-order valence-corrected chi connectivity index (χ0v) is 15.6. The number of benzene rings is 3. The molecule has 0 aromatic heterocycles. The largest absolute Gasteiger partial charge is 0.494 e. The molecule has 0 saturated carbocycles. The third-order valence-electron chi connectivity index (χ3n) is 4.48. The summed E-state index contributed by atoms with van der Waals surface area (Å²) < 4.78 is 10.7. The standard InChI is InChI=1S/C23H17NO5/c1-2-28-17-10-12-18(13-11-17)29-23(27)15-6-5-7-16(14-15)24-21(25)19-8-3-4-9-20(19)22(24)26/h3-14H,2H2,1H3. The summed E-state index contributed by atoms with van der Waals surface area (Å²) in [5.41, 5.74) is 1.24. The Kier molecular flexibility index (Phi) is 4.83. The second-order valence-electron chi connectivity index (χ2n) is 6.34. The number of anilines is 1. The van der Waals surface area contributed by atoms with E-state index < -0.39 is 17.8 Å². The Morgan fingerprint density at radius 2 is 1.45 bits per heavy atom. The lowest BCUT2D eigenvalue weighted by molar-refractivity contribution is 0.0733. The van der Waals surface area contributed by atoms with Crippen molar-refractivity contribution < 1.29 is 23.9 Å². The van der Waals surface area contributed by atoms with Crippen LogP contribution in [0, 0.1) is 0 Å². The van der Waals surface area contributed by atoms with E-state index in [-0.39, 0.29) is 5.56 Å². The average molecular weight is 387 g/mol. The number of imide groups is 1. The van der Waals surface area contributed by atoms with E-state index in [0.29, 0.717) is 34.9 Å². The predicted molar refractivity (Wildman–Crippen MR) is 107 cm³/mol. The average Bonchev–Trinajstić information content (AvgIpc) is 3.00. The Bertz CT molecular complexity index is 1070. The van der Waals surface area contributed by atoms with Gasteiger partial charge in [0.25, 0.3) is 11.8 Å². The molecule has 0 atom stereocenters. The summed E-state index contributed by atoms with van der Waals surface area (Å²) >= 11 is 0. The molecule has 3 aromatic carbocycles. The van der Waals surface area contributed by atoms with Crippen molar-refractivity contribution in [3.8, 4) is 11.5 Å². The Morgan fingerprint density at radius 1 is 0.828 bits per heavy atom. The third kappa shape index (κ3) is 3.48. The fourth-order valence-corrected chi connectivity index (χ4v) is 3.13. The second-order valence-corrected chi connectivity index (χ2v) is 6.34. The topological polar surface area (TPSA) is 72.9 Å². The highest BCUT2D eigenvalue weighted by molar-refractivity contribution is 6.34. The zero-order valence-electron chi connectivity index (χ0n) is 15.6. The van der Waals surface area contributed by atoms with Gasteiger partial charge in [0.2, 0.25) is 0 Å². The first-order valence-corrected chi connectivity index (χ1v) is 9.11. The van der Waals surface area contributed by atoms with Crippen LogP contribution in [0.5, 0.6) is 11.5 Å². The van der Waals surface area contributed by atoms with Crippen LogP contribution >= 0.6 is 0 Å². The fraction of sp³-hybridized carbons (Fsp3) is 0.0870. The van der Waals surface area contributed by atoms with Gasteiger partial charge in [0.1, 0.15) is 11.5 Å². The minimum absolute atomic E-state index is 0.230. The van der Waals surface area contributed by atoms with Crippen molar-refractivity contribution >= 4 is 23.5 Å². The molecule has 4 rings (SSSR count). The summed E-state index contributed by atoms with van der Waals surface area (Å²) in [6, 6.07) is 19.6. The molecule has 0 bridgehead atoms. The van der Waals surface area contributed by atoms with Gasteiger partial charge >= 0.3 is 5.97 Å². The molecule has 29 heavy (non-hydrogen) atoms. The zero-order chi connectivity index (χ0) is 20.4. The highest BCUT2D eigenvalue weighted by atomic mass is 16.5. The van der Waals surface area contributed by atoms with Crippen molar-refractivity contribution in [3.63, 3.8) is 0 Å². The first-order chi connectivity index (χ1) is 14.1. The Morgan fingerprint density at radius 3 is 2.07 bits per heavy atom. The van der Waals surface area contributed by atoms with Crippen LogP contribution < -0.4 is 14.4 Å². The lowest BCUT2D eigenvalue weighted by Crippen LogP contribution is -2.29. The molecular weight excluding hydrogens is 370 g/mol. The molecule has 0 N–H and O–H groups in total. The number of esters is 1. The van der Waals surface area contributed by atoms with Crippen LogP contribution in [-0.2, 0) is 0 Å². The van der Waals surface area contributed by atoms with Crippen LogP contribution in [0.15, 0.2) is 72.8 Å². The molecule has 6 heteroatoms. The quantitative estimate of drug-likeness (QED) is 0.374. The summed E-state index contributed by atoms with van der Waals surface area (Å²) in [4.78, 5) is 38.9. The monoisotopic (exact) mass is 387 g/mol. The number of rotatable bonds is 5. The van der Waals surface area contributed by atoms with E-state index in [1.165, 1.54) is 6.07 Å². The van der Waals surface area contributed by atoms with Crippen LogP contribution in [0.2, 0.25) is 0 Å².